The summed E-state index contributed by atoms with van der Waals surface area (Å²) in [4.78, 5) is 19.2. The number of carbonyl (C=O) groups excluding carboxylic acids is 1. The number of amides is 1. The van der Waals surface area contributed by atoms with Crippen LogP contribution in [0.2, 0.25) is 0 Å². The lowest BCUT2D eigenvalue weighted by Crippen LogP contribution is -2.44. The minimum Gasteiger partial charge on any atom is -0.497 e. The van der Waals surface area contributed by atoms with Crippen LogP contribution in [0, 0.1) is 0 Å². The summed E-state index contributed by atoms with van der Waals surface area (Å²) < 4.78 is 11.9. The number of benzene rings is 2. The van der Waals surface area contributed by atoms with Crippen molar-refractivity contribution in [1.82, 2.24) is 10.3 Å². The van der Waals surface area contributed by atoms with Crippen molar-refractivity contribution < 1.29 is 14.3 Å². The van der Waals surface area contributed by atoms with Gasteiger partial charge in [0.05, 0.1) is 12.7 Å². The Morgan fingerprint density at radius 1 is 1.06 bits per heavy atom. The van der Waals surface area contributed by atoms with Crippen molar-refractivity contribution in [3.63, 3.8) is 0 Å². The van der Waals surface area contributed by atoms with Crippen LogP contribution < -0.4 is 19.7 Å². The third-order valence-electron chi connectivity index (χ3n) is 5.28. The van der Waals surface area contributed by atoms with Gasteiger partial charge in [-0.15, -0.1) is 0 Å². The summed E-state index contributed by atoms with van der Waals surface area (Å²) in [6.07, 6.45) is 3.35. The molecule has 0 atom stereocenters. The third kappa shape index (κ3) is 5.55. The molecule has 2 heterocycles. The molecule has 1 aromatic heterocycles. The first-order valence-electron chi connectivity index (χ1n) is 10.2. The fourth-order valence-electron chi connectivity index (χ4n) is 3.57. The van der Waals surface area contributed by atoms with Gasteiger partial charge < -0.3 is 19.7 Å². The topological polar surface area (TPSA) is 63.7 Å². The molecule has 3 aromatic rings. The minimum atomic E-state index is -0.107. The maximum Gasteiger partial charge on any atom is 0.253 e. The first-order chi connectivity index (χ1) is 15.1. The number of nitrogens with one attached hydrogen (secondary N) is 1. The predicted octanol–water partition coefficient (Wildman–Crippen LogP) is 5.04. The molecule has 7 heteroatoms. The number of aromatic nitrogens is 1. The molecule has 160 valence electrons. The van der Waals surface area contributed by atoms with Crippen LogP contribution in [0.25, 0.3) is 0 Å². The number of anilines is 1. The molecule has 4 rings (SSSR count). The van der Waals surface area contributed by atoms with E-state index >= 15 is 0 Å². The monoisotopic (exact) mass is 481 g/mol. The number of ether oxygens (including phenoxy) is 2. The number of hydrogen-bond donors (Lipinski definition) is 1. The number of halogens is 1. The molecule has 0 spiro atoms. The molecule has 6 nitrogen and oxygen atoms in total. The van der Waals surface area contributed by atoms with E-state index in [1.54, 1.807) is 25.4 Å². The van der Waals surface area contributed by atoms with E-state index < -0.39 is 0 Å². The quantitative estimate of drug-likeness (QED) is 0.533. The highest BCUT2D eigenvalue weighted by atomic mass is 79.9. The Kier molecular flexibility index (Phi) is 6.72. The zero-order valence-electron chi connectivity index (χ0n) is 17.3. The summed E-state index contributed by atoms with van der Waals surface area (Å²) in [6, 6.07) is 19.2. The van der Waals surface area contributed by atoms with Crippen LogP contribution in [0.3, 0.4) is 0 Å². The summed E-state index contributed by atoms with van der Waals surface area (Å²) in [6.45, 7) is 1.80. The van der Waals surface area contributed by atoms with Crippen molar-refractivity contribution in [2.75, 3.05) is 25.1 Å². The molecule has 0 saturated carbocycles. The van der Waals surface area contributed by atoms with E-state index in [2.05, 4.69) is 43.3 Å². The average molecular weight is 482 g/mol. The van der Waals surface area contributed by atoms with Gasteiger partial charge in [0, 0.05) is 41.6 Å². The van der Waals surface area contributed by atoms with Crippen LogP contribution in [-0.2, 0) is 0 Å². The number of rotatable bonds is 6. The molecule has 0 bridgehead atoms. The van der Waals surface area contributed by atoms with E-state index in [4.69, 9.17) is 9.47 Å². The molecule has 1 aliphatic rings. The number of hydrogen-bond acceptors (Lipinski definition) is 5. The molecule has 2 aromatic carbocycles. The zero-order valence-corrected chi connectivity index (χ0v) is 18.8. The van der Waals surface area contributed by atoms with E-state index in [1.165, 1.54) is 5.69 Å². The SMILES string of the molecule is COc1ccc(N2CCC(NC(=O)c3ccc(Oc4cccc(Br)c4)nc3)CC2)cc1. The van der Waals surface area contributed by atoms with E-state index in [0.29, 0.717) is 17.2 Å². The predicted molar refractivity (Wildman–Crippen MR) is 124 cm³/mol. The minimum absolute atomic E-state index is 0.107. The van der Waals surface area contributed by atoms with Crippen LogP contribution in [0.15, 0.2) is 71.3 Å². The Morgan fingerprint density at radius 3 is 2.48 bits per heavy atom. The maximum absolute atomic E-state index is 12.6. The van der Waals surface area contributed by atoms with Gasteiger partial charge in [0.25, 0.3) is 5.91 Å². The van der Waals surface area contributed by atoms with E-state index in [1.807, 2.05) is 36.4 Å². The molecule has 1 N–H and O–H groups in total. The van der Waals surface area contributed by atoms with E-state index in [0.717, 1.165) is 36.2 Å². The molecule has 0 aliphatic carbocycles. The van der Waals surface area contributed by atoms with Crippen molar-refractivity contribution in [2.24, 2.45) is 0 Å². The number of nitrogens with zero attached hydrogens (tertiary/aromatic N) is 2. The van der Waals surface area contributed by atoms with Gasteiger partial charge in [0.2, 0.25) is 5.88 Å². The van der Waals surface area contributed by atoms with Crippen LogP contribution in [-0.4, -0.2) is 37.1 Å². The molecular weight excluding hydrogens is 458 g/mol. The van der Waals surface area contributed by atoms with Gasteiger partial charge in [-0.3, -0.25) is 4.79 Å². The highest BCUT2D eigenvalue weighted by molar-refractivity contribution is 9.10. The van der Waals surface area contributed by atoms with Gasteiger partial charge in [-0.1, -0.05) is 22.0 Å². The van der Waals surface area contributed by atoms with Crippen LogP contribution >= 0.6 is 15.9 Å². The maximum atomic E-state index is 12.6. The first-order valence-corrected chi connectivity index (χ1v) is 11.0. The normalized spacial score (nSPS) is 14.2. The summed E-state index contributed by atoms with van der Waals surface area (Å²) in [5.74, 6) is 1.88. The van der Waals surface area contributed by atoms with Gasteiger partial charge in [-0.2, -0.15) is 0 Å². The summed E-state index contributed by atoms with van der Waals surface area (Å²) >= 11 is 3.41. The Hall–Kier alpha value is -3.06. The summed E-state index contributed by atoms with van der Waals surface area (Å²) in [7, 11) is 1.67. The summed E-state index contributed by atoms with van der Waals surface area (Å²) in [5.41, 5.74) is 1.70. The van der Waals surface area contributed by atoms with E-state index in [9.17, 15) is 4.79 Å². The average Bonchev–Trinajstić information content (AvgIpc) is 2.80. The van der Waals surface area contributed by atoms with Gasteiger partial charge in [-0.05, 0) is 61.4 Å². The highest BCUT2D eigenvalue weighted by Gasteiger charge is 2.21. The second-order valence-electron chi connectivity index (χ2n) is 7.38. The second-order valence-corrected chi connectivity index (χ2v) is 8.29. The smallest absolute Gasteiger partial charge is 0.253 e. The van der Waals surface area contributed by atoms with Gasteiger partial charge in [0.1, 0.15) is 11.5 Å². The van der Waals surface area contributed by atoms with Crippen LogP contribution in [0.4, 0.5) is 5.69 Å². The molecular formula is C24H24BrN3O3. The van der Waals surface area contributed by atoms with Gasteiger partial charge in [0.15, 0.2) is 0 Å². The van der Waals surface area contributed by atoms with Crippen molar-refractivity contribution in [2.45, 2.75) is 18.9 Å². The van der Waals surface area contributed by atoms with Crippen molar-refractivity contribution in [1.29, 1.82) is 0 Å². The molecule has 1 fully saturated rings. The largest absolute Gasteiger partial charge is 0.497 e. The number of piperidine rings is 1. The Balaban J connectivity index is 1.28. The molecule has 1 saturated heterocycles. The lowest BCUT2D eigenvalue weighted by molar-refractivity contribution is 0.0930. The standard InChI is InChI=1S/C24H24BrN3O3/c1-30-21-8-6-20(7-9-21)28-13-11-19(12-14-28)27-24(29)17-5-10-23(26-16-17)31-22-4-2-3-18(25)15-22/h2-10,15-16,19H,11-14H2,1H3,(H,27,29). The fourth-order valence-corrected chi connectivity index (χ4v) is 3.95. The molecule has 1 aliphatic heterocycles. The lowest BCUT2D eigenvalue weighted by atomic mass is 10.0. The Bertz CT molecular complexity index is 1020. The van der Waals surface area contributed by atoms with Gasteiger partial charge in [-0.25, -0.2) is 4.98 Å². The molecule has 1 amide bonds. The number of methoxy groups -OCH3 is 1. The first kappa shape index (κ1) is 21.2. The lowest BCUT2D eigenvalue weighted by Gasteiger charge is -2.34. The molecule has 0 unspecified atom stereocenters. The number of pyridine rings is 1. The Morgan fingerprint density at radius 2 is 1.84 bits per heavy atom. The number of carbonyl (C=O) groups is 1. The van der Waals surface area contributed by atoms with Crippen LogP contribution in [0.5, 0.6) is 17.4 Å². The van der Waals surface area contributed by atoms with Crippen molar-refractivity contribution in [3.8, 4) is 17.4 Å². The van der Waals surface area contributed by atoms with Crippen molar-refractivity contribution in [3.05, 3.63) is 76.9 Å². The van der Waals surface area contributed by atoms with Crippen molar-refractivity contribution >= 4 is 27.5 Å². The molecule has 0 radical (unpaired) electrons. The van der Waals surface area contributed by atoms with E-state index in [-0.39, 0.29) is 11.9 Å². The molecule has 31 heavy (non-hydrogen) atoms. The Labute approximate surface area is 190 Å². The van der Waals surface area contributed by atoms with Crippen LogP contribution in [0.1, 0.15) is 23.2 Å². The second kappa shape index (κ2) is 9.83. The van der Waals surface area contributed by atoms with Gasteiger partial charge >= 0.3 is 0 Å². The fraction of sp³-hybridized carbons (Fsp3) is 0.250. The highest BCUT2D eigenvalue weighted by Crippen LogP contribution is 2.24. The zero-order chi connectivity index (χ0) is 21.6. The summed E-state index contributed by atoms with van der Waals surface area (Å²) in [5, 5.41) is 3.13. The third-order valence-corrected chi connectivity index (χ3v) is 5.78.